The van der Waals surface area contributed by atoms with Crippen LogP contribution in [0.1, 0.15) is 54.5 Å². The first-order chi connectivity index (χ1) is 13.6. The highest BCUT2D eigenvalue weighted by Gasteiger charge is 2.31. The molecule has 3 heterocycles. The van der Waals surface area contributed by atoms with Gasteiger partial charge >= 0.3 is 0 Å². The Kier molecular flexibility index (Phi) is 3.82. The monoisotopic (exact) mass is 372 g/mol. The third kappa shape index (κ3) is 2.70. The van der Waals surface area contributed by atoms with Crippen molar-refractivity contribution in [3.8, 4) is 5.69 Å². The lowest BCUT2D eigenvalue weighted by atomic mass is 10.0. The zero-order valence-corrected chi connectivity index (χ0v) is 15.8. The predicted molar refractivity (Wildman–Crippen MR) is 106 cm³/mol. The van der Waals surface area contributed by atoms with Gasteiger partial charge in [0.1, 0.15) is 5.82 Å². The van der Waals surface area contributed by atoms with Crippen LogP contribution in [-0.4, -0.2) is 29.9 Å². The quantitative estimate of drug-likeness (QED) is 0.594. The lowest BCUT2D eigenvalue weighted by Crippen LogP contribution is -2.15. The van der Waals surface area contributed by atoms with Crippen LogP contribution in [0, 0.1) is 6.92 Å². The van der Waals surface area contributed by atoms with Gasteiger partial charge in [0.15, 0.2) is 5.82 Å². The summed E-state index contributed by atoms with van der Waals surface area (Å²) in [7, 11) is 0. The minimum Gasteiger partial charge on any atom is -0.267 e. The minimum atomic E-state index is -0.184. The molecule has 0 aliphatic heterocycles. The Bertz CT molecular complexity index is 1240. The average Bonchev–Trinajstić information content (AvgIpc) is 3.47. The molecule has 0 bridgehead atoms. The fraction of sp³-hybridized carbons (Fsp3) is 0.286. The van der Waals surface area contributed by atoms with E-state index >= 15 is 0 Å². The number of hydrogen-bond acceptors (Lipinski definition) is 5. The van der Waals surface area contributed by atoms with Crippen LogP contribution in [0.5, 0.6) is 0 Å². The molecule has 1 aliphatic carbocycles. The Morgan fingerprint density at radius 1 is 1.18 bits per heavy atom. The summed E-state index contributed by atoms with van der Waals surface area (Å²) in [4.78, 5) is 21.3. The minimum absolute atomic E-state index is 0.144. The van der Waals surface area contributed by atoms with Crippen molar-refractivity contribution >= 4 is 10.8 Å². The fourth-order valence-corrected chi connectivity index (χ4v) is 3.60. The van der Waals surface area contributed by atoms with Gasteiger partial charge in [-0.15, -0.1) is 0 Å². The number of hydrogen-bond donors (Lipinski definition) is 1. The molecular weight excluding hydrogens is 352 g/mol. The van der Waals surface area contributed by atoms with E-state index < -0.39 is 0 Å². The molecule has 0 unspecified atom stereocenters. The summed E-state index contributed by atoms with van der Waals surface area (Å²) in [5, 5.41) is 13.3. The maximum Gasteiger partial charge on any atom is 0.272 e. The van der Waals surface area contributed by atoms with E-state index in [0.29, 0.717) is 11.3 Å². The molecule has 5 rings (SSSR count). The van der Waals surface area contributed by atoms with Crippen molar-refractivity contribution in [2.45, 2.75) is 38.5 Å². The highest BCUT2D eigenvalue weighted by atomic mass is 16.1. The van der Waals surface area contributed by atoms with E-state index in [2.05, 4.69) is 22.1 Å². The fourth-order valence-electron chi connectivity index (χ4n) is 3.60. The number of aromatic amines is 1. The first kappa shape index (κ1) is 16.8. The van der Waals surface area contributed by atoms with Crippen LogP contribution >= 0.6 is 0 Å². The van der Waals surface area contributed by atoms with Gasteiger partial charge in [-0.25, -0.2) is 14.8 Å². The topological polar surface area (TPSA) is 89.3 Å². The number of H-pyrrole nitrogens is 1. The van der Waals surface area contributed by atoms with Crippen LogP contribution in [0.25, 0.3) is 16.5 Å². The number of nitrogens with one attached hydrogen (secondary N) is 1. The highest BCUT2D eigenvalue weighted by Crippen LogP contribution is 2.39. The van der Waals surface area contributed by atoms with Gasteiger partial charge in [0.05, 0.1) is 22.7 Å². The zero-order chi connectivity index (χ0) is 19.3. The molecule has 1 N–H and O–H groups in total. The summed E-state index contributed by atoms with van der Waals surface area (Å²) in [6.07, 6.45) is 5.86. The highest BCUT2D eigenvalue weighted by molar-refractivity contribution is 5.84. The first-order valence-electron chi connectivity index (χ1n) is 9.48. The van der Waals surface area contributed by atoms with E-state index in [9.17, 15) is 4.79 Å². The van der Waals surface area contributed by atoms with E-state index in [1.165, 1.54) is 0 Å². The number of rotatable bonds is 4. The molecule has 1 atom stereocenters. The molecule has 3 aromatic heterocycles. The summed E-state index contributed by atoms with van der Waals surface area (Å²) in [5.41, 5.74) is 2.60. The first-order valence-corrected chi connectivity index (χ1v) is 9.48. The molecule has 1 fully saturated rings. The van der Waals surface area contributed by atoms with Crippen molar-refractivity contribution in [1.82, 2.24) is 29.9 Å². The van der Waals surface area contributed by atoms with Crippen molar-refractivity contribution in [2.24, 2.45) is 0 Å². The molecule has 0 radical (unpaired) electrons. The van der Waals surface area contributed by atoms with Crippen molar-refractivity contribution in [1.29, 1.82) is 0 Å². The standard InChI is InChI=1S/C21H20N6O/c1-12-11-22-10-9-17(12)27-20(23-19(26-27)14-7-8-14)13(2)18-15-5-3-4-6-16(15)21(28)25-24-18/h3-6,9-11,13-14H,7-8H2,1-2H3,(H,25,28)/t13-/m0/s1. The molecule has 28 heavy (non-hydrogen) atoms. The normalized spacial score (nSPS) is 15.1. The summed E-state index contributed by atoms with van der Waals surface area (Å²) in [6, 6.07) is 9.49. The number of aryl methyl sites for hydroxylation is 1. The third-order valence-electron chi connectivity index (χ3n) is 5.33. The van der Waals surface area contributed by atoms with Crippen LogP contribution in [0.4, 0.5) is 0 Å². The number of nitrogens with zero attached hydrogens (tertiary/aromatic N) is 5. The molecule has 0 spiro atoms. The van der Waals surface area contributed by atoms with Crippen molar-refractivity contribution < 1.29 is 0 Å². The second-order valence-electron chi connectivity index (χ2n) is 7.38. The molecule has 140 valence electrons. The summed E-state index contributed by atoms with van der Waals surface area (Å²) < 4.78 is 1.91. The molecule has 1 saturated carbocycles. The second-order valence-corrected chi connectivity index (χ2v) is 7.38. The maximum atomic E-state index is 12.2. The van der Waals surface area contributed by atoms with Gasteiger partial charge in [0.25, 0.3) is 5.56 Å². The number of benzene rings is 1. The van der Waals surface area contributed by atoms with E-state index in [0.717, 1.165) is 46.8 Å². The molecule has 7 nitrogen and oxygen atoms in total. The second kappa shape index (κ2) is 6.37. The van der Waals surface area contributed by atoms with Crippen molar-refractivity contribution in [2.75, 3.05) is 0 Å². The van der Waals surface area contributed by atoms with Crippen LogP contribution in [0.2, 0.25) is 0 Å². The Balaban J connectivity index is 1.70. The van der Waals surface area contributed by atoms with E-state index in [-0.39, 0.29) is 11.5 Å². The lowest BCUT2D eigenvalue weighted by molar-refractivity contribution is 0.712. The van der Waals surface area contributed by atoms with Crippen LogP contribution < -0.4 is 5.56 Å². The van der Waals surface area contributed by atoms with Gasteiger partial charge in [-0.05, 0) is 44.4 Å². The van der Waals surface area contributed by atoms with Gasteiger partial charge in [-0.3, -0.25) is 9.78 Å². The van der Waals surface area contributed by atoms with Gasteiger partial charge in [-0.1, -0.05) is 18.2 Å². The maximum absolute atomic E-state index is 12.2. The lowest BCUT2D eigenvalue weighted by Gasteiger charge is -2.15. The van der Waals surface area contributed by atoms with Gasteiger partial charge in [0.2, 0.25) is 0 Å². The van der Waals surface area contributed by atoms with Gasteiger partial charge in [0, 0.05) is 23.7 Å². The average molecular weight is 372 g/mol. The third-order valence-corrected chi connectivity index (χ3v) is 5.33. The zero-order valence-electron chi connectivity index (χ0n) is 15.8. The van der Waals surface area contributed by atoms with Crippen LogP contribution in [0.3, 0.4) is 0 Å². The largest absolute Gasteiger partial charge is 0.272 e. The molecule has 4 aromatic rings. The van der Waals surface area contributed by atoms with Crippen LogP contribution in [-0.2, 0) is 0 Å². The van der Waals surface area contributed by atoms with E-state index in [4.69, 9.17) is 10.1 Å². The molecule has 1 aromatic carbocycles. The van der Waals surface area contributed by atoms with E-state index in [1.54, 1.807) is 6.20 Å². The van der Waals surface area contributed by atoms with Crippen molar-refractivity contribution in [3.05, 3.63) is 76.0 Å². The van der Waals surface area contributed by atoms with Crippen LogP contribution in [0.15, 0.2) is 47.5 Å². The van der Waals surface area contributed by atoms with E-state index in [1.807, 2.05) is 48.1 Å². The smallest absolute Gasteiger partial charge is 0.267 e. The molecule has 7 heteroatoms. The Labute approximate surface area is 161 Å². The Morgan fingerprint density at radius 3 is 2.71 bits per heavy atom. The number of fused-ring (bicyclic) bond motifs is 1. The number of pyridine rings is 1. The molecular formula is C21H20N6O. The SMILES string of the molecule is Cc1cnccc1-n1nc(C2CC2)nc1[C@@H](C)c1n[nH]c(=O)c2ccccc12. The molecule has 0 saturated heterocycles. The number of aromatic nitrogens is 6. The Hall–Kier alpha value is -3.35. The predicted octanol–water partition coefficient (Wildman–Crippen LogP) is 3.24. The molecule has 0 amide bonds. The van der Waals surface area contributed by atoms with Crippen molar-refractivity contribution in [3.63, 3.8) is 0 Å². The summed E-state index contributed by atoms with van der Waals surface area (Å²) in [5.74, 6) is 2.00. The molecule has 1 aliphatic rings. The Morgan fingerprint density at radius 2 is 1.96 bits per heavy atom. The summed E-state index contributed by atoms with van der Waals surface area (Å²) in [6.45, 7) is 4.07. The van der Waals surface area contributed by atoms with Gasteiger partial charge < -0.3 is 0 Å². The summed E-state index contributed by atoms with van der Waals surface area (Å²) >= 11 is 0. The van der Waals surface area contributed by atoms with Gasteiger partial charge in [-0.2, -0.15) is 10.2 Å².